The Balaban J connectivity index is 2.08. The number of aryl methyl sites for hydroxylation is 2. The highest BCUT2D eigenvalue weighted by Gasteiger charge is 2.10. The molecule has 0 N–H and O–H groups in total. The Hall–Kier alpha value is -2.35. The van der Waals surface area contributed by atoms with Crippen LogP contribution in [0, 0.1) is 6.92 Å². The molecule has 0 aliphatic heterocycles. The molecule has 2 heteroatoms. The molecule has 21 heavy (non-hydrogen) atoms. The lowest BCUT2D eigenvalue weighted by Crippen LogP contribution is -1.92. The summed E-state index contributed by atoms with van der Waals surface area (Å²) in [6.07, 6.45) is 12.6. The van der Waals surface area contributed by atoms with Crippen molar-refractivity contribution in [1.29, 1.82) is 0 Å². The van der Waals surface area contributed by atoms with Crippen LogP contribution in [-0.2, 0) is 6.42 Å². The van der Waals surface area contributed by atoms with Gasteiger partial charge in [0.25, 0.3) is 0 Å². The van der Waals surface area contributed by atoms with Gasteiger partial charge in [0.15, 0.2) is 0 Å². The molecule has 0 amide bonds. The minimum Gasteiger partial charge on any atom is -0.320 e. The van der Waals surface area contributed by atoms with Crippen LogP contribution in [0.25, 0.3) is 17.7 Å². The molecule has 3 aromatic rings. The summed E-state index contributed by atoms with van der Waals surface area (Å²) in [7, 11) is 0. The molecule has 0 radical (unpaired) electrons. The second kappa shape index (κ2) is 5.96. The van der Waals surface area contributed by atoms with Crippen molar-refractivity contribution >= 4 is 17.7 Å². The Morgan fingerprint density at radius 2 is 1.95 bits per heavy atom. The first-order valence-corrected chi connectivity index (χ1v) is 7.48. The van der Waals surface area contributed by atoms with Crippen molar-refractivity contribution in [1.82, 2.24) is 9.38 Å². The van der Waals surface area contributed by atoms with Gasteiger partial charge in [-0.3, -0.25) is 4.98 Å². The molecule has 0 unspecified atom stereocenters. The third-order valence-corrected chi connectivity index (χ3v) is 3.77. The van der Waals surface area contributed by atoms with Gasteiger partial charge in [-0.15, -0.1) is 0 Å². The van der Waals surface area contributed by atoms with Crippen molar-refractivity contribution < 1.29 is 0 Å². The summed E-state index contributed by atoms with van der Waals surface area (Å²) in [5.74, 6) is 0. The first kappa shape index (κ1) is 13.6. The van der Waals surface area contributed by atoms with E-state index in [0.717, 1.165) is 18.5 Å². The van der Waals surface area contributed by atoms with Crippen molar-refractivity contribution in [3.8, 4) is 0 Å². The van der Waals surface area contributed by atoms with E-state index < -0.39 is 0 Å². The van der Waals surface area contributed by atoms with E-state index in [2.05, 4.69) is 65.8 Å². The maximum Gasteiger partial charge on any atom is 0.0873 e. The molecule has 2 heterocycles. The topological polar surface area (TPSA) is 17.3 Å². The van der Waals surface area contributed by atoms with Gasteiger partial charge in [0, 0.05) is 18.6 Å². The van der Waals surface area contributed by atoms with Crippen LogP contribution in [0.5, 0.6) is 0 Å². The van der Waals surface area contributed by atoms with E-state index in [-0.39, 0.29) is 0 Å². The molecule has 0 saturated carbocycles. The molecule has 3 rings (SSSR count). The summed E-state index contributed by atoms with van der Waals surface area (Å²) in [6, 6.07) is 10.3. The van der Waals surface area contributed by atoms with Crippen LogP contribution in [0.2, 0.25) is 0 Å². The molecule has 0 spiro atoms. The van der Waals surface area contributed by atoms with Crippen molar-refractivity contribution in [3.05, 3.63) is 71.3 Å². The summed E-state index contributed by atoms with van der Waals surface area (Å²) < 4.78 is 2.19. The molecule has 0 atom stereocenters. The molecule has 0 fully saturated rings. The average Bonchev–Trinajstić information content (AvgIpc) is 2.83. The number of hydrogen-bond acceptors (Lipinski definition) is 1. The number of fused-ring (bicyclic) bond motifs is 1. The fourth-order valence-electron chi connectivity index (χ4n) is 2.77. The van der Waals surface area contributed by atoms with Gasteiger partial charge >= 0.3 is 0 Å². The Morgan fingerprint density at radius 1 is 1.14 bits per heavy atom. The highest BCUT2D eigenvalue weighted by molar-refractivity contribution is 5.78. The Labute approximate surface area is 125 Å². The number of nitrogens with zero attached hydrogens (tertiary/aromatic N) is 2. The second-order valence-electron chi connectivity index (χ2n) is 5.35. The van der Waals surface area contributed by atoms with Gasteiger partial charge in [-0.25, -0.2) is 0 Å². The van der Waals surface area contributed by atoms with E-state index in [9.17, 15) is 0 Å². The molecule has 0 aliphatic carbocycles. The van der Waals surface area contributed by atoms with Crippen LogP contribution in [0.1, 0.15) is 35.7 Å². The Kier molecular flexibility index (Phi) is 3.87. The van der Waals surface area contributed by atoms with Gasteiger partial charge in [-0.1, -0.05) is 49.8 Å². The summed E-state index contributed by atoms with van der Waals surface area (Å²) in [5, 5.41) is 0. The lowest BCUT2D eigenvalue weighted by atomic mass is 10.1. The van der Waals surface area contributed by atoms with Gasteiger partial charge < -0.3 is 4.40 Å². The molecule has 2 nitrogen and oxygen atoms in total. The smallest absolute Gasteiger partial charge is 0.0873 e. The van der Waals surface area contributed by atoms with Crippen LogP contribution < -0.4 is 0 Å². The van der Waals surface area contributed by atoms with Gasteiger partial charge in [-0.05, 0) is 36.1 Å². The minimum atomic E-state index is 1.04. The maximum absolute atomic E-state index is 4.57. The predicted octanol–water partition coefficient (Wildman–Crippen LogP) is 4.77. The van der Waals surface area contributed by atoms with Crippen molar-refractivity contribution in [2.45, 2.75) is 26.7 Å². The zero-order chi connectivity index (χ0) is 14.7. The normalized spacial score (nSPS) is 11.5. The van der Waals surface area contributed by atoms with Crippen LogP contribution in [-0.4, -0.2) is 9.38 Å². The predicted molar refractivity (Wildman–Crippen MR) is 89.3 cm³/mol. The van der Waals surface area contributed by atoms with E-state index in [1.807, 2.05) is 18.5 Å². The number of rotatable bonds is 4. The third-order valence-electron chi connectivity index (χ3n) is 3.77. The third kappa shape index (κ3) is 2.75. The van der Waals surface area contributed by atoms with Crippen LogP contribution in [0.4, 0.5) is 0 Å². The van der Waals surface area contributed by atoms with E-state index in [1.54, 1.807) is 0 Å². The average molecular weight is 276 g/mol. The second-order valence-corrected chi connectivity index (χ2v) is 5.35. The first-order chi connectivity index (χ1) is 10.3. The summed E-state index contributed by atoms with van der Waals surface area (Å²) in [5.41, 5.74) is 6.24. The lowest BCUT2D eigenvalue weighted by Gasteiger charge is -2.03. The molecule has 0 aliphatic rings. The molecule has 2 aromatic heterocycles. The largest absolute Gasteiger partial charge is 0.320 e. The van der Waals surface area contributed by atoms with Gasteiger partial charge in [0.1, 0.15) is 0 Å². The van der Waals surface area contributed by atoms with E-state index in [4.69, 9.17) is 0 Å². The van der Waals surface area contributed by atoms with E-state index in [0.29, 0.717) is 0 Å². The fourth-order valence-corrected chi connectivity index (χ4v) is 2.77. The van der Waals surface area contributed by atoms with Gasteiger partial charge in [0.05, 0.1) is 11.2 Å². The van der Waals surface area contributed by atoms with Crippen molar-refractivity contribution in [2.75, 3.05) is 0 Å². The zero-order valence-electron chi connectivity index (χ0n) is 12.6. The molecule has 106 valence electrons. The SMILES string of the molecule is CCCc1c(C)cn2ccnc(/C=C/c3ccccc3)c12. The van der Waals surface area contributed by atoms with E-state index in [1.165, 1.54) is 22.2 Å². The van der Waals surface area contributed by atoms with Crippen LogP contribution in [0.15, 0.2) is 48.9 Å². The first-order valence-electron chi connectivity index (χ1n) is 7.48. The van der Waals surface area contributed by atoms with Crippen LogP contribution >= 0.6 is 0 Å². The van der Waals surface area contributed by atoms with E-state index >= 15 is 0 Å². The van der Waals surface area contributed by atoms with Gasteiger partial charge in [-0.2, -0.15) is 0 Å². The fraction of sp³-hybridized carbons (Fsp3) is 0.211. The molecule has 0 bridgehead atoms. The summed E-state index contributed by atoms with van der Waals surface area (Å²) in [6.45, 7) is 4.40. The van der Waals surface area contributed by atoms with Crippen molar-refractivity contribution in [3.63, 3.8) is 0 Å². The molecule has 0 saturated heterocycles. The maximum atomic E-state index is 4.57. The summed E-state index contributed by atoms with van der Waals surface area (Å²) in [4.78, 5) is 4.57. The van der Waals surface area contributed by atoms with Crippen LogP contribution in [0.3, 0.4) is 0 Å². The quantitative estimate of drug-likeness (QED) is 0.671. The molecule has 1 aromatic carbocycles. The molecular formula is C19H20N2. The monoisotopic (exact) mass is 276 g/mol. The highest BCUT2D eigenvalue weighted by atomic mass is 14.9. The summed E-state index contributed by atoms with van der Waals surface area (Å²) >= 11 is 0. The number of benzene rings is 1. The highest BCUT2D eigenvalue weighted by Crippen LogP contribution is 2.23. The number of hydrogen-bond donors (Lipinski definition) is 0. The van der Waals surface area contributed by atoms with Crippen molar-refractivity contribution in [2.24, 2.45) is 0 Å². The number of aromatic nitrogens is 2. The van der Waals surface area contributed by atoms with Gasteiger partial charge in [0.2, 0.25) is 0 Å². The Bertz CT molecular complexity index is 767. The Morgan fingerprint density at radius 3 is 2.71 bits per heavy atom. The zero-order valence-corrected chi connectivity index (χ0v) is 12.6. The standard InChI is InChI=1S/C19H20N2/c1-3-7-17-15(2)14-21-13-12-20-18(19(17)21)11-10-16-8-5-4-6-9-16/h4-6,8-14H,3,7H2,1-2H3/b11-10+. The minimum absolute atomic E-state index is 1.04. The lowest BCUT2D eigenvalue weighted by molar-refractivity contribution is 0.921. The molecular weight excluding hydrogens is 256 g/mol.